The summed E-state index contributed by atoms with van der Waals surface area (Å²) in [7, 11) is -3.48. The zero-order chi connectivity index (χ0) is 21.3. The van der Waals surface area contributed by atoms with Crippen LogP contribution in [0.4, 0.5) is 5.69 Å². The third kappa shape index (κ3) is 7.99. The van der Waals surface area contributed by atoms with Gasteiger partial charge in [0.05, 0.1) is 4.90 Å². The number of sulfonamides is 1. The number of rotatable bonds is 11. The zero-order valence-corrected chi connectivity index (χ0v) is 18.4. The highest BCUT2D eigenvalue weighted by molar-refractivity contribution is 7.89. The van der Waals surface area contributed by atoms with Crippen LogP contribution in [0.15, 0.2) is 53.4 Å². The fourth-order valence-electron chi connectivity index (χ4n) is 2.81. The Bertz CT molecular complexity index is 873. The number of benzene rings is 2. The zero-order valence-electron chi connectivity index (χ0n) is 17.6. The molecule has 1 amide bonds. The summed E-state index contributed by atoms with van der Waals surface area (Å²) in [6, 6.07) is 14.7. The van der Waals surface area contributed by atoms with Crippen LogP contribution in [0.25, 0.3) is 0 Å². The molecule has 0 saturated heterocycles. The van der Waals surface area contributed by atoms with Gasteiger partial charge in [0, 0.05) is 18.7 Å². The van der Waals surface area contributed by atoms with Crippen molar-refractivity contribution in [1.82, 2.24) is 4.72 Å². The Morgan fingerprint density at radius 2 is 1.52 bits per heavy atom. The molecule has 5 nitrogen and oxygen atoms in total. The molecule has 0 spiro atoms. The molecular formula is C23H32N2O3S. The largest absolute Gasteiger partial charge is 0.326 e. The molecular weight excluding hydrogens is 384 g/mol. The van der Waals surface area contributed by atoms with Crippen LogP contribution >= 0.6 is 0 Å². The minimum atomic E-state index is -3.48. The minimum absolute atomic E-state index is 0.0541. The number of carbonyl (C=O) groups is 1. The number of aryl methyl sites for hydroxylation is 2. The third-order valence-electron chi connectivity index (χ3n) is 4.61. The van der Waals surface area contributed by atoms with Gasteiger partial charge in [0.15, 0.2) is 0 Å². The molecule has 0 atom stereocenters. The van der Waals surface area contributed by atoms with Gasteiger partial charge in [-0.3, -0.25) is 4.79 Å². The molecule has 0 fully saturated rings. The maximum atomic E-state index is 12.2. The van der Waals surface area contributed by atoms with E-state index in [0.717, 1.165) is 17.7 Å². The summed E-state index contributed by atoms with van der Waals surface area (Å²) in [4.78, 5) is 12.4. The lowest BCUT2D eigenvalue weighted by atomic mass is 10.1. The molecule has 0 aliphatic rings. The van der Waals surface area contributed by atoms with Crippen LogP contribution in [0.2, 0.25) is 0 Å². The summed E-state index contributed by atoms with van der Waals surface area (Å²) in [6.45, 7) is 6.49. The first kappa shape index (κ1) is 23.1. The van der Waals surface area contributed by atoms with E-state index in [9.17, 15) is 13.2 Å². The summed E-state index contributed by atoms with van der Waals surface area (Å²) in [5, 5.41) is 2.91. The van der Waals surface area contributed by atoms with Gasteiger partial charge in [-0.25, -0.2) is 13.1 Å². The highest BCUT2D eigenvalue weighted by atomic mass is 32.2. The van der Waals surface area contributed by atoms with E-state index in [-0.39, 0.29) is 16.7 Å². The van der Waals surface area contributed by atoms with Crippen molar-refractivity contribution in [3.05, 3.63) is 59.7 Å². The lowest BCUT2D eigenvalue weighted by Crippen LogP contribution is -2.27. The lowest BCUT2D eigenvalue weighted by Gasteiger charge is -2.10. The van der Waals surface area contributed by atoms with Crippen LogP contribution in [-0.2, 0) is 27.7 Å². The van der Waals surface area contributed by atoms with Crippen LogP contribution in [-0.4, -0.2) is 20.9 Å². The minimum Gasteiger partial charge on any atom is -0.326 e. The maximum Gasteiger partial charge on any atom is 0.240 e. The fraction of sp³-hybridized carbons (Fsp3) is 0.435. The van der Waals surface area contributed by atoms with Gasteiger partial charge in [-0.05, 0) is 60.6 Å². The predicted octanol–water partition coefficient (Wildman–Crippen LogP) is 4.53. The summed E-state index contributed by atoms with van der Waals surface area (Å²) in [5.41, 5.74) is 3.01. The van der Waals surface area contributed by atoms with Crippen molar-refractivity contribution in [2.75, 3.05) is 11.9 Å². The first-order chi connectivity index (χ1) is 13.8. The Balaban J connectivity index is 1.84. The van der Waals surface area contributed by atoms with E-state index in [1.807, 2.05) is 26.0 Å². The average molecular weight is 417 g/mol. The standard InChI is InChI=1S/C23H32N2O3S/c1-4-5-6-19-7-12-21(13-8-19)25-23(26)16-11-20-9-14-22(15-10-20)29(27,28)24-17-18(2)3/h7-10,12-15,18,24H,4-6,11,16-17H2,1-3H3,(H,25,26). The van der Waals surface area contributed by atoms with Gasteiger partial charge in [-0.15, -0.1) is 0 Å². The molecule has 0 bridgehead atoms. The van der Waals surface area contributed by atoms with E-state index in [0.29, 0.717) is 19.4 Å². The fourth-order valence-corrected chi connectivity index (χ4v) is 4.03. The Morgan fingerprint density at radius 3 is 2.10 bits per heavy atom. The molecule has 0 aromatic heterocycles. The van der Waals surface area contributed by atoms with Crippen LogP contribution < -0.4 is 10.0 Å². The lowest BCUT2D eigenvalue weighted by molar-refractivity contribution is -0.116. The summed E-state index contributed by atoms with van der Waals surface area (Å²) < 4.78 is 27.0. The SMILES string of the molecule is CCCCc1ccc(NC(=O)CCc2ccc(S(=O)(=O)NCC(C)C)cc2)cc1. The highest BCUT2D eigenvalue weighted by Crippen LogP contribution is 2.14. The monoisotopic (exact) mass is 416 g/mol. The van der Waals surface area contributed by atoms with Gasteiger partial charge in [-0.1, -0.05) is 51.5 Å². The first-order valence-electron chi connectivity index (χ1n) is 10.3. The Hall–Kier alpha value is -2.18. The first-order valence-corrected chi connectivity index (χ1v) is 11.8. The van der Waals surface area contributed by atoms with Crippen molar-refractivity contribution in [3.63, 3.8) is 0 Å². The molecule has 0 unspecified atom stereocenters. The quantitative estimate of drug-likeness (QED) is 0.565. The van der Waals surface area contributed by atoms with Crippen molar-refractivity contribution in [2.45, 2.75) is 57.8 Å². The van der Waals surface area contributed by atoms with Gasteiger partial charge in [0.1, 0.15) is 0 Å². The second-order valence-electron chi connectivity index (χ2n) is 7.74. The van der Waals surface area contributed by atoms with E-state index in [1.54, 1.807) is 24.3 Å². The summed E-state index contributed by atoms with van der Waals surface area (Å²) in [5.74, 6) is 0.191. The number of amides is 1. The van der Waals surface area contributed by atoms with E-state index in [1.165, 1.54) is 18.4 Å². The number of anilines is 1. The number of nitrogens with one attached hydrogen (secondary N) is 2. The van der Waals surface area contributed by atoms with Gasteiger partial charge in [0.2, 0.25) is 15.9 Å². The van der Waals surface area contributed by atoms with Crippen LogP contribution in [0.5, 0.6) is 0 Å². The molecule has 0 heterocycles. The van der Waals surface area contributed by atoms with Crippen molar-refractivity contribution in [2.24, 2.45) is 5.92 Å². The van der Waals surface area contributed by atoms with E-state index in [2.05, 4.69) is 29.1 Å². The number of hydrogen-bond acceptors (Lipinski definition) is 3. The normalized spacial score (nSPS) is 11.6. The van der Waals surface area contributed by atoms with E-state index >= 15 is 0 Å². The number of carbonyl (C=O) groups excluding carboxylic acids is 1. The van der Waals surface area contributed by atoms with Crippen molar-refractivity contribution in [3.8, 4) is 0 Å². The molecule has 0 saturated carbocycles. The molecule has 2 N–H and O–H groups in total. The maximum absolute atomic E-state index is 12.2. The number of hydrogen-bond donors (Lipinski definition) is 2. The number of unbranched alkanes of at least 4 members (excludes halogenated alkanes) is 1. The second kappa shape index (κ2) is 11.1. The third-order valence-corrected chi connectivity index (χ3v) is 6.05. The Morgan fingerprint density at radius 1 is 0.931 bits per heavy atom. The Labute approximate surface area is 175 Å². The van der Waals surface area contributed by atoms with E-state index < -0.39 is 10.0 Å². The molecule has 2 aromatic carbocycles. The average Bonchev–Trinajstić information content (AvgIpc) is 2.71. The van der Waals surface area contributed by atoms with E-state index in [4.69, 9.17) is 0 Å². The highest BCUT2D eigenvalue weighted by Gasteiger charge is 2.14. The molecule has 2 aromatic rings. The topological polar surface area (TPSA) is 75.3 Å². The molecule has 0 radical (unpaired) electrons. The predicted molar refractivity (Wildman–Crippen MR) is 118 cm³/mol. The van der Waals surface area contributed by atoms with Crippen LogP contribution in [0.1, 0.15) is 51.2 Å². The van der Waals surface area contributed by atoms with Gasteiger partial charge < -0.3 is 5.32 Å². The van der Waals surface area contributed by atoms with Crippen LogP contribution in [0, 0.1) is 5.92 Å². The molecule has 2 rings (SSSR count). The second-order valence-corrected chi connectivity index (χ2v) is 9.51. The van der Waals surface area contributed by atoms with Gasteiger partial charge in [-0.2, -0.15) is 0 Å². The smallest absolute Gasteiger partial charge is 0.240 e. The van der Waals surface area contributed by atoms with Crippen molar-refractivity contribution >= 4 is 21.6 Å². The molecule has 158 valence electrons. The summed E-state index contributed by atoms with van der Waals surface area (Å²) >= 11 is 0. The van der Waals surface area contributed by atoms with Gasteiger partial charge in [0.25, 0.3) is 0 Å². The Kier molecular flexibility index (Phi) is 8.86. The molecule has 0 aliphatic carbocycles. The van der Waals surface area contributed by atoms with Crippen molar-refractivity contribution < 1.29 is 13.2 Å². The van der Waals surface area contributed by atoms with Gasteiger partial charge >= 0.3 is 0 Å². The van der Waals surface area contributed by atoms with Crippen LogP contribution in [0.3, 0.4) is 0 Å². The van der Waals surface area contributed by atoms with Crippen molar-refractivity contribution in [1.29, 1.82) is 0 Å². The molecule has 6 heteroatoms. The summed E-state index contributed by atoms with van der Waals surface area (Å²) in [6.07, 6.45) is 4.29. The molecule has 0 aliphatic heterocycles. The molecule has 29 heavy (non-hydrogen) atoms.